The second-order valence-electron chi connectivity index (χ2n) is 6.79. The molecule has 136 valence electrons. The van der Waals surface area contributed by atoms with E-state index in [0.29, 0.717) is 31.4 Å². The van der Waals surface area contributed by atoms with Crippen molar-refractivity contribution in [3.05, 3.63) is 35.4 Å². The van der Waals surface area contributed by atoms with Crippen LogP contribution in [0.1, 0.15) is 30.4 Å². The van der Waals surface area contributed by atoms with Crippen LogP contribution < -0.4 is 5.32 Å². The lowest BCUT2D eigenvalue weighted by molar-refractivity contribution is -0.141. The van der Waals surface area contributed by atoms with Gasteiger partial charge in [-0.2, -0.15) is 13.2 Å². The fraction of sp³-hybridized carbons (Fsp3) is 0.529. The number of rotatable bonds is 4. The Bertz CT molecular complexity index is 686. The lowest BCUT2D eigenvalue weighted by atomic mass is 9.94. The Morgan fingerprint density at radius 3 is 2.60 bits per heavy atom. The fourth-order valence-corrected chi connectivity index (χ4v) is 3.25. The van der Waals surface area contributed by atoms with E-state index in [1.165, 1.54) is 11.0 Å². The summed E-state index contributed by atoms with van der Waals surface area (Å²) >= 11 is 0. The molecule has 0 bridgehead atoms. The number of alkyl halides is 3. The third-order valence-electron chi connectivity index (χ3n) is 5.06. The van der Waals surface area contributed by atoms with Crippen molar-refractivity contribution in [2.24, 2.45) is 5.92 Å². The molecule has 25 heavy (non-hydrogen) atoms. The number of carbonyl (C=O) groups excluding carboxylic acids is 1. The number of carbonyl (C=O) groups is 2. The first-order valence-electron chi connectivity index (χ1n) is 8.15. The molecule has 1 atom stereocenters. The molecule has 1 heterocycles. The molecule has 2 aliphatic rings. The SMILES string of the molecule is O=C(O)C1CCN(C(=O)NCC2(c3cccc(C(F)(F)F)c3)CC2)C1. The maximum absolute atomic E-state index is 12.9. The van der Waals surface area contributed by atoms with Crippen LogP contribution in [0.4, 0.5) is 18.0 Å². The maximum Gasteiger partial charge on any atom is 0.416 e. The molecule has 2 amide bonds. The normalized spacial score (nSPS) is 21.9. The van der Waals surface area contributed by atoms with Gasteiger partial charge in [-0.15, -0.1) is 0 Å². The van der Waals surface area contributed by atoms with Crippen molar-refractivity contribution in [3.8, 4) is 0 Å². The van der Waals surface area contributed by atoms with E-state index < -0.39 is 29.0 Å². The highest BCUT2D eigenvalue weighted by Crippen LogP contribution is 2.48. The first-order chi connectivity index (χ1) is 11.7. The number of nitrogens with zero attached hydrogens (tertiary/aromatic N) is 1. The quantitative estimate of drug-likeness (QED) is 0.872. The minimum absolute atomic E-state index is 0.164. The highest BCUT2D eigenvalue weighted by Gasteiger charge is 2.45. The van der Waals surface area contributed by atoms with Crippen LogP contribution in [0, 0.1) is 5.92 Å². The van der Waals surface area contributed by atoms with Crippen molar-refractivity contribution in [2.45, 2.75) is 30.9 Å². The Kier molecular flexibility index (Phi) is 4.38. The van der Waals surface area contributed by atoms with Gasteiger partial charge in [0.25, 0.3) is 0 Å². The van der Waals surface area contributed by atoms with E-state index in [9.17, 15) is 22.8 Å². The van der Waals surface area contributed by atoms with E-state index in [1.807, 2.05) is 0 Å². The Morgan fingerprint density at radius 1 is 1.32 bits per heavy atom. The molecule has 0 spiro atoms. The lowest BCUT2D eigenvalue weighted by Crippen LogP contribution is -2.42. The van der Waals surface area contributed by atoms with Crippen LogP contribution in [0.3, 0.4) is 0 Å². The average molecular weight is 356 g/mol. The van der Waals surface area contributed by atoms with E-state index in [2.05, 4.69) is 5.32 Å². The molecule has 1 aromatic rings. The topological polar surface area (TPSA) is 69.6 Å². The van der Waals surface area contributed by atoms with Gasteiger partial charge in [-0.25, -0.2) is 4.79 Å². The first kappa shape index (κ1) is 17.6. The molecule has 2 fully saturated rings. The maximum atomic E-state index is 12.9. The molecular formula is C17H19F3N2O3. The van der Waals surface area contributed by atoms with Crippen molar-refractivity contribution in [3.63, 3.8) is 0 Å². The summed E-state index contributed by atoms with van der Waals surface area (Å²) in [7, 11) is 0. The summed E-state index contributed by atoms with van der Waals surface area (Å²) in [4.78, 5) is 24.6. The van der Waals surface area contributed by atoms with E-state index in [0.717, 1.165) is 12.1 Å². The highest BCUT2D eigenvalue weighted by atomic mass is 19.4. The summed E-state index contributed by atoms with van der Waals surface area (Å²) in [5.74, 6) is -1.47. The summed E-state index contributed by atoms with van der Waals surface area (Å²) in [6, 6.07) is 4.87. The average Bonchev–Trinajstić information content (AvgIpc) is 3.18. The van der Waals surface area contributed by atoms with Crippen molar-refractivity contribution in [2.75, 3.05) is 19.6 Å². The third kappa shape index (κ3) is 3.72. The van der Waals surface area contributed by atoms with Crippen molar-refractivity contribution < 1.29 is 27.9 Å². The third-order valence-corrected chi connectivity index (χ3v) is 5.06. The number of amides is 2. The summed E-state index contributed by atoms with van der Waals surface area (Å²) in [5.41, 5.74) is -0.568. The number of carboxylic acid groups (broad SMARTS) is 1. The monoisotopic (exact) mass is 356 g/mol. The van der Waals surface area contributed by atoms with Crippen LogP contribution in [0.15, 0.2) is 24.3 Å². The van der Waals surface area contributed by atoms with Crippen LogP contribution in [0.25, 0.3) is 0 Å². The molecule has 3 rings (SSSR count). The van der Waals surface area contributed by atoms with Crippen molar-refractivity contribution in [1.29, 1.82) is 0 Å². The standard InChI is InChI=1S/C17H19F3N2O3/c18-17(19,20)13-3-1-2-12(8-13)16(5-6-16)10-21-15(25)22-7-4-11(9-22)14(23)24/h1-3,8,11H,4-7,9-10H2,(H,21,25)(H,23,24). The number of halogens is 3. The molecule has 1 saturated carbocycles. The van der Waals surface area contributed by atoms with Gasteiger partial charge in [0.05, 0.1) is 11.5 Å². The molecule has 0 radical (unpaired) electrons. The Balaban J connectivity index is 1.62. The molecule has 1 aromatic carbocycles. The van der Waals surface area contributed by atoms with Crippen molar-refractivity contribution >= 4 is 12.0 Å². The number of benzene rings is 1. The minimum atomic E-state index is -4.39. The van der Waals surface area contributed by atoms with Gasteiger partial charge in [0.2, 0.25) is 0 Å². The molecule has 1 aliphatic heterocycles. The zero-order chi connectivity index (χ0) is 18.2. The molecular weight excluding hydrogens is 337 g/mol. The number of likely N-dealkylation sites (tertiary alicyclic amines) is 1. The van der Waals surface area contributed by atoms with Gasteiger partial charge in [-0.3, -0.25) is 4.79 Å². The number of hydrogen-bond acceptors (Lipinski definition) is 2. The zero-order valence-electron chi connectivity index (χ0n) is 13.5. The van der Waals surface area contributed by atoms with Crippen LogP contribution in [-0.4, -0.2) is 41.6 Å². The zero-order valence-corrected chi connectivity index (χ0v) is 13.5. The summed E-state index contributed by atoms with van der Waals surface area (Å²) in [6.45, 7) is 0.790. The van der Waals surface area contributed by atoms with E-state index in [4.69, 9.17) is 5.11 Å². The second kappa shape index (κ2) is 6.24. The Morgan fingerprint density at radius 2 is 2.04 bits per heavy atom. The van der Waals surface area contributed by atoms with Gasteiger partial charge < -0.3 is 15.3 Å². The van der Waals surface area contributed by atoms with Gasteiger partial charge >= 0.3 is 18.2 Å². The molecule has 1 saturated heterocycles. The Labute approximate surface area is 142 Å². The largest absolute Gasteiger partial charge is 0.481 e. The molecule has 0 aromatic heterocycles. The fourth-order valence-electron chi connectivity index (χ4n) is 3.25. The molecule has 1 aliphatic carbocycles. The molecule has 5 nitrogen and oxygen atoms in total. The van der Waals surface area contributed by atoms with Crippen LogP contribution in [0.2, 0.25) is 0 Å². The molecule has 2 N–H and O–H groups in total. The predicted octanol–water partition coefficient (Wildman–Crippen LogP) is 2.85. The first-order valence-corrected chi connectivity index (χ1v) is 8.15. The van der Waals surface area contributed by atoms with Gasteiger partial charge in [-0.05, 0) is 30.9 Å². The molecule has 8 heteroatoms. The van der Waals surface area contributed by atoms with Crippen molar-refractivity contribution in [1.82, 2.24) is 10.2 Å². The smallest absolute Gasteiger partial charge is 0.416 e. The van der Waals surface area contributed by atoms with Gasteiger partial charge in [0.1, 0.15) is 0 Å². The van der Waals surface area contributed by atoms with Crippen LogP contribution >= 0.6 is 0 Å². The second-order valence-corrected chi connectivity index (χ2v) is 6.79. The highest BCUT2D eigenvalue weighted by molar-refractivity contribution is 5.77. The van der Waals surface area contributed by atoms with E-state index in [-0.39, 0.29) is 19.1 Å². The van der Waals surface area contributed by atoms with Crippen LogP contribution in [0.5, 0.6) is 0 Å². The van der Waals surface area contributed by atoms with Gasteiger partial charge in [0.15, 0.2) is 0 Å². The van der Waals surface area contributed by atoms with E-state index in [1.54, 1.807) is 6.07 Å². The number of hydrogen-bond donors (Lipinski definition) is 2. The Hall–Kier alpha value is -2.25. The van der Waals surface area contributed by atoms with Crippen LogP contribution in [-0.2, 0) is 16.4 Å². The van der Waals surface area contributed by atoms with E-state index >= 15 is 0 Å². The predicted molar refractivity (Wildman–Crippen MR) is 83.1 cm³/mol. The number of aliphatic carboxylic acids is 1. The summed E-state index contributed by atoms with van der Waals surface area (Å²) in [5, 5.41) is 11.7. The summed E-state index contributed by atoms with van der Waals surface area (Å²) in [6.07, 6.45) is -2.54. The van der Waals surface area contributed by atoms with Gasteiger partial charge in [-0.1, -0.05) is 18.2 Å². The molecule has 1 unspecified atom stereocenters. The summed E-state index contributed by atoms with van der Waals surface area (Å²) < 4.78 is 38.6. The lowest BCUT2D eigenvalue weighted by Gasteiger charge is -2.21. The number of urea groups is 1. The minimum Gasteiger partial charge on any atom is -0.481 e. The number of carboxylic acids is 1. The van der Waals surface area contributed by atoms with Gasteiger partial charge in [0, 0.05) is 25.0 Å². The number of nitrogens with one attached hydrogen (secondary N) is 1.